The third-order valence-corrected chi connectivity index (χ3v) is 4.35. The lowest BCUT2D eigenvalue weighted by molar-refractivity contribution is -0.385. The van der Waals surface area contributed by atoms with Crippen LogP contribution in [0.5, 0.6) is 0 Å². The van der Waals surface area contributed by atoms with Crippen molar-refractivity contribution in [1.82, 2.24) is 4.98 Å². The van der Waals surface area contributed by atoms with Gasteiger partial charge in [0.05, 0.1) is 4.92 Å². The summed E-state index contributed by atoms with van der Waals surface area (Å²) in [5, 5.41) is 23.1. The van der Waals surface area contributed by atoms with Crippen molar-refractivity contribution < 1.29 is 14.8 Å². The maximum absolute atomic E-state index is 11.1. The van der Waals surface area contributed by atoms with Crippen molar-refractivity contribution in [2.45, 2.75) is 39.2 Å². The molecule has 7 heteroatoms. The minimum atomic E-state index is -1.32. The Hall–Kier alpha value is -2.18. The molecule has 0 aliphatic heterocycles. The quantitative estimate of drug-likeness (QED) is 0.653. The number of hydrogen-bond donors (Lipinski definition) is 2. The fourth-order valence-electron chi connectivity index (χ4n) is 2.82. The molecule has 0 saturated heterocycles. The lowest BCUT2D eigenvalue weighted by Gasteiger charge is -2.34. The zero-order chi connectivity index (χ0) is 15.6. The van der Waals surface area contributed by atoms with Gasteiger partial charge in [-0.1, -0.05) is 26.7 Å². The smallest absolute Gasteiger partial charge is 0.342 e. The average molecular weight is 293 g/mol. The number of nitrogens with one attached hydrogen (secondary N) is 1. The topological polar surface area (TPSA) is 105 Å². The first kappa shape index (κ1) is 15.2. The van der Waals surface area contributed by atoms with Gasteiger partial charge in [0, 0.05) is 12.1 Å². The molecule has 0 amide bonds. The van der Waals surface area contributed by atoms with E-state index in [2.05, 4.69) is 24.1 Å². The first-order chi connectivity index (χ1) is 9.90. The van der Waals surface area contributed by atoms with Gasteiger partial charge in [0.25, 0.3) is 0 Å². The number of anilines is 1. The Morgan fingerprint density at radius 3 is 2.81 bits per heavy atom. The van der Waals surface area contributed by atoms with Crippen molar-refractivity contribution in [2.75, 3.05) is 5.32 Å². The van der Waals surface area contributed by atoms with Crippen LogP contribution in [0.15, 0.2) is 12.3 Å². The molecule has 0 spiro atoms. The van der Waals surface area contributed by atoms with E-state index in [1.165, 1.54) is 12.5 Å². The van der Waals surface area contributed by atoms with Crippen molar-refractivity contribution in [1.29, 1.82) is 0 Å². The highest BCUT2D eigenvalue weighted by atomic mass is 16.6. The molecular weight excluding hydrogens is 274 g/mol. The Morgan fingerprint density at radius 2 is 2.19 bits per heavy atom. The summed E-state index contributed by atoms with van der Waals surface area (Å²) in [7, 11) is 0. The summed E-state index contributed by atoms with van der Waals surface area (Å²) in [6, 6.07) is 1.45. The summed E-state index contributed by atoms with van der Waals surface area (Å²) in [5.74, 6) is 0.0958. The van der Waals surface area contributed by atoms with Gasteiger partial charge in [0.2, 0.25) is 0 Å². The Morgan fingerprint density at radius 1 is 1.48 bits per heavy atom. The van der Waals surface area contributed by atoms with Crippen LogP contribution < -0.4 is 5.32 Å². The molecule has 1 heterocycles. The van der Waals surface area contributed by atoms with E-state index >= 15 is 0 Å². The lowest BCUT2D eigenvalue weighted by Crippen LogP contribution is -2.35. The SMILES string of the molecule is CC1CCCC(Nc2cc(C(=O)O)c([N+](=O)[O-])cn2)C1C. The minimum absolute atomic E-state index is 0.212. The number of carbonyl (C=O) groups is 1. The summed E-state index contributed by atoms with van der Waals surface area (Å²) in [6.07, 6.45) is 4.30. The van der Waals surface area contributed by atoms with Gasteiger partial charge in [-0.3, -0.25) is 10.1 Å². The Labute approximate surface area is 122 Å². The molecule has 21 heavy (non-hydrogen) atoms. The molecule has 1 aliphatic rings. The second-order valence-electron chi connectivity index (χ2n) is 5.67. The van der Waals surface area contributed by atoms with Crippen molar-refractivity contribution in [3.05, 3.63) is 27.9 Å². The second-order valence-corrected chi connectivity index (χ2v) is 5.67. The maximum atomic E-state index is 11.1. The van der Waals surface area contributed by atoms with Crippen LogP contribution in [0.25, 0.3) is 0 Å². The molecule has 1 fully saturated rings. The molecule has 7 nitrogen and oxygen atoms in total. The Bertz CT molecular complexity index is 561. The summed E-state index contributed by atoms with van der Waals surface area (Å²) >= 11 is 0. The minimum Gasteiger partial charge on any atom is -0.477 e. The number of rotatable bonds is 4. The molecule has 2 N–H and O–H groups in total. The van der Waals surface area contributed by atoms with Gasteiger partial charge in [0.1, 0.15) is 17.6 Å². The molecule has 114 valence electrons. The predicted molar refractivity (Wildman–Crippen MR) is 77.4 cm³/mol. The summed E-state index contributed by atoms with van der Waals surface area (Å²) in [5.41, 5.74) is -0.827. The monoisotopic (exact) mass is 293 g/mol. The van der Waals surface area contributed by atoms with Crippen LogP contribution >= 0.6 is 0 Å². The molecular formula is C14H19N3O4. The molecule has 3 unspecified atom stereocenters. The van der Waals surface area contributed by atoms with Crippen molar-refractivity contribution >= 4 is 17.5 Å². The number of carboxylic acid groups (broad SMARTS) is 1. The van der Waals surface area contributed by atoms with Gasteiger partial charge in [-0.25, -0.2) is 9.78 Å². The third-order valence-electron chi connectivity index (χ3n) is 4.35. The van der Waals surface area contributed by atoms with Crippen LogP contribution in [0.1, 0.15) is 43.5 Å². The van der Waals surface area contributed by atoms with E-state index in [9.17, 15) is 14.9 Å². The number of carboxylic acids is 1. The Balaban J connectivity index is 2.23. The number of aromatic carboxylic acids is 1. The molecule has 3 atom stereocenters. The molecule has 1 aliphatic carbocycles. The van der Waals surface area contributed by atoms with Gasteiger partial charge >= 0.3 is 11.7 Å². The van der Waals surface area contributed by atoms with E-state index in [4.69, 9.17) is 5.11 Å². The average Bonchev–Trinajstić information content (AvgIpc) is 2.43. The zero-order valence-electron chi connectivity index (χ0n) is 12.1. The number of aromatic nitrogens is 1. The van der Waals surface area contributed by atoms with E-state index in [1.54, 1.807) is 0 Å². The molecule has 2 rings (SSSR count). The number of pyridine rings is 1. The van der Waals surface area contributed by atoms with Crippen molar-refractivity contribution in [3.8, 4) is 0 Å². The number of hydrogen-bond acceptors (Lipinski definition) is 5. The first-order valence-electron chi connectivity index (χ1n) is 7.04. The number of nitrogens with zero attached hydrogens (tertiary/aromatic N) is 2. The third kappa shape index (κ3) is 3.29. The maximum Gasteiger partial charge on any atom is 0.342 e. The molecule has 0 radical (unpaired) electrons. The van der Waals surface area contributed by atoms with Crippen LogP contribution in [0, 0.1) is 22.0 Å². The second kappa shape index (κ2) is 6.07. The number of nitro groups is 1. The fourth-order valence-corrected chi connectivity index (χ4v) is 2.82. The summed E-state index contributed by atoms with van der Waals surface area (Å²) in [6.45, 7) is 4.36. The van der Waals surface area contributed by atoms with Crippen molar-refractivity contribution in [3.63, 3.8) is 0 Å². The fraction of sp³-hybridized carbons (Fsp3) is 0.571. The Kier molecular flexibility index (Phi) is 4.40. The largest absolute Gasteiger partial charge is 0.477 e. The van der Waals surface area contributed by atoms with Crippen LogP contribution in [-0.4, -0.2) is 27.0 Å². The summed E-state index contributed by atoms with van der Waals surface area (Å²) < 4.78 is 0. The molecule has 1 aromatic heterocycles. The molecule has 0 bridgehead atoms. The summed E-state index contributed by atoms with van der Waals surface area (Å²) in [4.78, 5) is 25.2. The van der Waals surface area contributed by atoms with Gasteiger partial charge in [-0.2, -0.15) is 0 Å². The zero-order valence-corrected chi connectivity index (χ0v) is 12.1. The molecule has 1 aromatic rings. The van der Waals surface area contributed by atoms with Crippen LogP contribution in [0.4, 0.5) is 11.5 Å². The van der Waals surface area contributed by atoms with E-state index < -0.39 is 16.6 Å². The first-order valence-corrected chi connectivity index (χ1v) is 7.04. The van der Waals surface area contributed by atoms with Gasteiger partial charge in [-0.15, -0.1) is 0 Å². The molecule has 1 saturated carbocycles. The van der Waals surface area contributed by atoms with E-state index in [0.717, 1.165) is 19.0 Å². The van der Waals surface area contributed by atoms with Gasteiger partial charge in [-0.05, 0) is 18.3 Å². The predicted octanol–water partition coefficient (Wildman–Crippen LogP) is 2.92. The van der Waals surface area contributed by atoms with Crippen LogP contribution in [0.2, 0.25) is 0 Å². The molecule has 0 aromatic carbocycles. The van der Waals surface area contributed by atoms with E-state index in [0.29, 0.717) is 17.7 Å². The van der Waals surface area contributed by atoms with Gasteiger partial charge in [0.15, 0.2) is 0 Å². The highest BCUT2D eigenvalue weighted by Crippen LogP contribution is 2.31. The highest BCUT2D eigenvalue weighted by molar-refractivity contribution is 5.93. The van der Waals surface area contributed by atoms with Gasteiger partial charge < -0.3 is 10.4 Å². The van der Waals surface area contributed by atoms with Crippen LogP contribution in [0.3, 0.4) is 0 Å². The van der Waals surface area contributed by atoms with Crippen molar-refractivity contribution in [2.24, 2.45) is 11.8 Å². The van der Waals surface area contributed by atoms with E-state index in [-0.39, 0.29) is 11.6 Å². The lowest BCUT2D eigenvalue weighted by atomic mass is 9.78. The standard InChI is InChI=1S/C14H19N3O4/c1-8-4-3-5-11(9(8)2)16-13-6-10(14(18)19)12(7-15-13)17(20)21/h6-9,11H,3-5H2,1-2H3,(H,15,16)(H,18,19). The van der Waals surface area contributed by atoms with E-state index in [1.807, 2.05) is 0 Å². The highest BCUT2D eigenvalue weighted by Gasteiger charge is 2.28. The van der Waals surface area contributed by atoms with Crippen LogP contribution in [-0.2, 0) is 0 Å². The normalized spacial score (nSPS) is 25.3.